The summed E-state index contributed by atoms with van der Waals surface area (Å²) in [5, 5.41) is 6.38. The molecule has 1 aromatic heterocycles. The van der Waals surface area contributed by atoms with E-state index >= 15 is 0 Å². The number of thiophene rings is 1. The second kappa shape index (κ2) is 12.3. The molecular formula is C53H34S. The molecule has 0 fully saturated rings. The molecule has 0 nitrogen and oxygen atoms in total. The lowest BCUT2D eigenvalue weighted by atomic mass is 9.67. The average Bonchev–Trinajstić information content (AvgIpc) is 3.77. The second-order valence-electron chi connectivity index (χ2n) is 14.3. The highest BCUT2D eigenvalue weighted by atomic mass is 32.1. The molecule has 1 heteroatoms. The van der Waals surface area contributed by atoms with Gasteiger partial charge in [-0.2, -0.15) is 0 Å². The topological polar surface area (TPSA) is 0 Å². The molecule has 0 saturated heterocycles. The third-order valence-corrected chi connectivity index (χ3v) is 12.8. The maximum Gasteiger partial charge on any atom is 0.0728 e. The summed E-state index contributed by atoms with van der Waals surface area (Å²) in [4.78, 5) is 1.37. The molecule has 0 N–H and O–H groups in total. The molecule has 11 rings (SSSR count). The molecule has 0 atom stereocenters. The Balaban J connectivity index is 1.24. The van der Waals surface area contributed by atoms with Crippen LogP contribution in [0.4, 0.5) is 0 Å². The quantitative estimate of drug-likeness (QED) is 0.157. The second-order valence-corrected chi connectivity index (χ2v) is 15.3. The van der Waals surface area contributed by atoms with E-state index in [0.29, 0.717) is 0 Å². The highest BCUT2D eigenvalue weighted by Crippen LogP contribution is 2.61. The Morgan fingerprint density at radius 1 is 0.333 bits per heavy atom. The molecule has 0 spiro atoms. The fourth-order valence-electron chi connectivity index (χ4n) is 9.39. The fourth-order valence-corrected chi connectivity index (χ4v) is 10.7. The van der Waals surface area contributed by atoms with Gasteiger partial charge in [-0.15, -0.1) is 11.3 Å². The first kappa shape index (κ1) is 31.0. The third-order valence-electron chi connectivity index (χ3n) is 11.6. The molecule has 9 aromatic carbocycles. The van der Waals surface area contributed by atoms with Crippen LogP contribution in [0.2, 0.25) is 0 Å². The van der Waals surface area contributed by atoms with Gasteiger partial charge in [0.05, 0.1) is 5.41 Å². The SMILES string of the molecule is c1ccc(-c2ccccc2-c2c3ccccc3c(-c3ccc4c(c3)C(c3ccccc3)(c3ccccc3)c3c-4sc4ccccc34)c3ccccc23)cc1. The van der Waals surface area contributed by atoms with Crippen LogP contribution in [0.25, 0.3) is 75.5 Å². The molecule has 10 aromatic rings. The Bertz CT molecular complexity index is 2930. The smallest absolute Gasteiger partial charge is 0.0728 e. The predicted octanol–water partition coefficient (Wildman–Crippen LogP) is 14.6. The number of hydrogen-bond acceptors (Lipinski definition) is 1. The molecule has 54 heavy (non-hydrogen) atoms. The highest BCUT2D eigenvalue weighted by Gasteiger charge is 2.48. The van der Waals surface area contributed by atoms with Gasteiger partial charge in [-0.3, -0.25) is 0 Å². The van der Waals surface area contributed by atoms with E-state index in [1.165, 1.54) is 97.7 Å². The van der Waals surface area contributed by atoms with E-state index in [-0.39, 0.29) is 0 Å². The fraction of sp³-hybridized carbons (Fsp3) is 0.0189. The Kier molecular flexibility index (Phi) is 7.05. The first-order valence-electron chi connectivity index (χ1n) is 18.7. The summed E-state index contributed by atoms with van der Waals surface area (Å²) in [6, 6.07) is 76.4. The Morgan fingerprint density at radius 3 is 1.43 bits per heavy atom. The van der Waals surface area contributed by atoms with Crippen LogP contribution in [-0.4, -0.2) is 0 Å². The molecule has 0 aliphatic heterocycles. The van der Waals surface area contributed by atoms with Crippen molar-refractivity contribution in [2.45, 2.75) is 5.41 Å². The van der Waals surface area contributed by atoms with Gasteiger partial charge in [0.1, 0.15) is 0 Å². The van der Waals surface area contributed by atoms with Crippen LogP contribution in [0.15, 0.2) is 206 Å². The number of rotatable bonds is 5. The maximum absolute atomic E-state index is 2.53. The lowest BCUT2D eigenvalue weighted by Gasteiger charge is -2.34. The van der Waals surface area contributed by atoms with Crippen molar-refractivity contribution in [3.05, 3.63) is 229 Å². The lowest BCUT2D eigenvalue weighted by molar-refractivity contribution is 0.777. The first-order chi connectivity index (χ1) is 26.8. The van der Waals surface area contributed by atoms with E-state index < -0.39 is 5.41 Å². The van der Waals surface area contributed by atoms with Crippen LogP contribution in [0, 0.1) is 0 Å². The Morgan fingerprint density at radius 2 is 0.815 bits per heavy atom. The molecule has 252 valence electrons. The van der Waals surface area contributed by atoms with Gasteiger partial charge in [0.25, 0.3) is 0 Å². The lowest BCUT2D eigenvalue weighted by Crippen LogP contribution is -2.28. The zero-order chi connectivity index (χ0) is 35.6. The van der Waals surface area contributed by atoms with Crippen LogP contribution in [-0.2, 0) is 5.41 Å². The van der Waals surface area contributed by atoms with Gasteiger partial charge in [0, 0.05) is 9.58 Å². The standard InChI is InChI=1S/C53H34S/c1-4-18-35(19-5-1)39-24-10-11-25-40(39)50-43-28-14-12-26-41(43)49(42-27-13-15-29-44(42)50)36-32-33-45-47(34-36)53(37-20-6-2-7-21-37,38-22-8-3-9-23-38)51-46-30-16-17-31-48(46)54-52(45)51/h1-34H. The molecule has 1 aliphatic carbocycles. The number of benzene rings is 9. The summed E-state index contributed by atoms with van der Waals surface area (Å²) in [5.74, 6) is 0. The van der Waals surface area contributed by atoms with Crippen molar-refractivity contribution < 1.29 is 0 Å². The molecule has 0 saturated carbocycles. The zero-order valence-corrected chi connectivity index (χ0v) is 30.4. The van der Waals surface area contributed by atoms with Crippen LogP contribution >= 0.6 is 11.3 Å². The van der Waals surface area contributed by atoms with Crippen molar-refractivity contribution in [1.82, 2.24) is 0 Å². The summed E-state index contributed by atoms with van der Waals surface area (Å²) >= 11 is 1.93. The summed E-state index contributed by atoms with van der Waals surface area (Å²) in [6.45, 7) is 0. The minimum absolute atomic E-state index is 0.483. The van der Waals surface area contributed by atoms with E-state index in [2.05, 4.69) is 206 Å². The summed E-state index contributed by atoms with van der Waals surface area (Å²) in [7, 11) is 0. The zero-order valence-electron chi connectivity index (χ0n) is 29.5. The number of hydrogen-bond donors (Lipinski definition) is 0. The third kappa shape index (κ3) is 4.43. The van der Waals surface area contributed by atoms with Gasteiger partial charge >= 0.3 is 0 Å². The van der Waals surface area contributed by atoms with E-state index in [0.717, 1.165) is 0 Å². The van der Waals surface area contributed by atoms with Gasteiger partial charge in [-0.05, 0) is 100 Å². The monoisotopic (exact) mass is 702 g/mol. The predicted molar refractivity (Wildman–Crippen MR) is 230 cm³/mol. The van der Waals surface area contributed by atoms with E-state index in [1.807, 2.05) is 11.3 Å². The van der Waals surface area contributed by atoms with Crippen molar-refractivity contribution in [3.8, 4) is 43.8 Å². The molecule has 0 unspecified atom stereocenters. The maximum atomic E-state index is 2.53. The molecule has 0 amide bonds. The van der Waals surface area contributed by atoms with Gasteiger partial charge < -0.3 is 0 Å². The summed E-state index contributed by atoms with van der Waals surface area (Å²) < 4.78 is 1.33. The van der Waals surface area contributed by atoms with E-state index in [4.69, 9.17) is 0 Å². The molecular weight excluding hydrogens is 669 g/mol. The van der Waals surface area contributed by atoms with Crippen LogP contribution in [0.3, 0.4) is 0 Å². The number of fused-ring (bicyclic) bond motifs is 7. The molecule has 1 heterocycles. The van der Waals surface area contributed by atoms with Crippen molar-refractivity contribution in [1.29, 1.82) is 0 Å². The minimum Gasteiger partial charge on any atom is -0.135 e. The molecule has 0 bridgehead atoms. The first-order valence-corrected chi connectivity index (χ1v) is 19.5. The van der Waals surface area contributed by atoms with Crippen molar-refractivity contribution >= 4 is 43.0 Å². The summed E-state index contributed by atoms with van der Waals surface area (Å²) in [6.07, 6.45) is 0. The van der Waals surface area contributed by atoms with Gasteiger partial charge in [0.15, 0.2) is 0 Å². The van der Waals surface area contributed by atoms with Crippen LogP contribution in [0.5, 0.6) is 0 Å². The molecule has 1 aliphatic rings. The summed E-state index contributed by atoms with van der Waals surface area (Å²) in [5.41, 5.74) is 13.7. The van der Waals surface area contributed by atoms with Gasteiger partial charge in [0.2, 0.25) is 0 Å². The van der Waals surface area contributed by atoms with E-state index in [1.54, 1.807) is 0 Å². The average molecular weight is 703 g/mol. The highest BCUT2D eigenvalue weighted by molar-refractivity contribution is 7.22. The largest absolute Gasteiger partial charge is 0.135 e. The Labute approximate surface area is 319 Å². The van der Waals surface area contributed by atoms with E-state index in [9.17, 15) is 0 Å². The van der Waals surface area contributed by atoms with Gasteiger partial charge in [-0.1, -0.05) is 194 Å². The van der Waals surface area contributed by atoms with Crippen molar-refractivity contribution in [2.75, 3.05) is 0 Å². The van der Waals surface area contributed by atoms with Crippen LogP contribution in [0.1, 0.15) is 22.3 Å². The Hall–Kier alpha value is -6.54. The van der Waals surface area contributed by atoms with Gasteiger partial charge in [-0.25, -0.2) is 0 Å². The minimum atomic E-state index is -0.483. The normalized spacial score (nSPS) is 13.0. The van der Waals surface area contributed by atoms with Crippen molar-refractivity contribution in [3.63, 3.8) is 0 Å². The van der Waals surface area contributed by atoms with Crippen molar-refractivity contribution in [2.24, 2.45) is 0 Å². The van der Waals surface area contributed by atoms with Crippen LogP contribution < -0.4 is 0 Å². The molecule has 0 radical (unpaired) electrons.